The van der Waals surface area contributed by atoms with Gasteiger partial charge in [-0.2, -0.15) is 0 Å². The Bertz CT molecular complexity index is 419. The highest BCUT2D eigenvalue weighted by atomic mass is 14.3. The van der Waals surface area contributed by atoms with E-state index in [1.54, 1.807) is 0 Å². The highest BCUT2D eigenvalue weighted by Gasteiger charge is 2.23. The van der Waals surface area contributed by atoms with E-state index in [4.69, 9.17) is 0 Å². The van der Waals surface area contributed by atoms with E-state index in [2.05, 4.69) is 51.6 Å². The van der Waals surface area contributed by atoms with E-state index in [9.17, 15) is 0 Å². The van der Waals surface area contributed by atoms with Crippen LogP contribution in [0.15, 0.2) is 36.4 Å². The van der Waals surface area contributed by atoms with Crippen LogP contribution in [0.5, 0.6) is 0 Å². The minimum atomic E-state index is 0.565. The molecule has 0 aromatic heterocycles. The van der Waals surface area contributed by atoms with Crippen LogP contribution in [0, 0.1) is 5.92 Å². The third-order valence-electron chi connectivity index (χ3n) is 2.96. The molecular formula is C14H16. The van der Waals surface area contributed by atoms with Crippen LogP contribution in [0.25, 0.3) is 11.1 Å². The topological polar surface area (TPSA) is 0 Å². The molecule has 72 valence electrons. The zero-order chi connectivity index (χ0) is 10.3. The van der Waals surface area contributed by atoms with Gasteiger partial charge in [0.1, 0.15) is 0 Å². The quantitative estimate of drug-likeness (QED) is 0.615. The fraction of sp³-hybridized carbons (Fsp3) is 0.286. The van der Waals surface area contributed by atoms with Crippen LogP contribution in [0.3, 0.4) is 0 Å². The van der Waals surface area contributed by atoms with Gasteiger partial charge in [0.15, 0.2) is 0 Å². The Labute approximate surface area is 86.0 Å². The Morgan fingerprint density at radius 2 is 1.64 bits per heavy atom. The summed E-state index contributed by atoms with van der Waals surface area (Å²) in [5.41, 5.74) is 6.72. The molecule has 0 nitrogen and oxygen atoms in total. The molecule has 1 aliphatic carbocycles. The lowest BCUT2D eigenvalue weighted by Gasteiger charge is -2.09. The normalized spacial score (nSPS) is 15.3. The van der Waals surface area contributed by atoms with E-state index >= 15 is 0 Å². The van der Waals surface area contributed by atoms with Crippen LogP contribution in [0.2, 0.25) is 0 Å². The summed E-state index contributed by atoms with van der Waals surface area (Å²) in [4.78, 5) is 0. The Morgan fingerprint density at radius 1 is 1.07 bits per heavy atom. The summed E-state index contributed by atoms with van der Waals surface area (Å²) >= 11 is 0. The van der Waals surface area contributed by atoms with Crippen LogP contribution >= 0.6 is 0 Å². The van der Waals surface area contributed by atoms with E-state index in [1.165, 1.54) is 27.8 Å². The summed E-state index contributed by atoms with van der Waals surface area (Å²) in [6, 6.07) is 8.53. The zero-order valence-corrected chi connectivity index (χ0v) is 9.09. The van der Waals surface area contributed by atoms with Crippen molar-refractivity contribution in [3.05, 3.63) is 47.5 Å². The molecule has 0 atom stereocenters. The third-order valence-corrected chi connectivity index (χ3v) is 2.96. The standard InChI is InChI=1S/C14H16/c1-9(2)14-10(3)12-7-5-6-8-13(12)11(14)4/h5-9H,3H2,1-2,4H3. The van der Waals surface area contributed by atoms with Gasteiger partial charge >= 0.3 is 0 Å². The second-order valence-corrected chi connectivity index (χ2v) is 4.22. The molecule has 1 aromatic carbocycles. The van der Waals surface area contributed by atoms with E-state index in [0.29, 0.717) is 5.92 Å². The first kappa shape index (κ1) is 9.26. The van der Waals surface area contributed by atoms with Gasteiger partial charge < -0.3 is 0 Å². The number of fused-ring (bicyclic) bond motifs is 1. The van der Waals surface area contributed by atoms with Gasteiger partial charge in [0, 0.05) is 0 Å². The molecule has 0 N–H and O–H groups in total. The van der Waals surface area contributed by atoms with Gasteiger partial charge in [-0.25, -0.2) is 0 Å². The van der Waals surface area contributed by atoms with Crippen LogP contribution in [0.4, 0.5) is 0 Å². The van der Waals surface area contributed by atoms with Gasteiger partial charge in [0.2, 0.25) is 0 Å². The Morgan fingerprint density at radius 3 is 2.14 bits per heavy atom. The lowest BCUT2D eigenvalue weighted by Crippen LogP contribution is -1.92. The first-order valence-electron chi connectivity index (χ1n) is 5.12. The maximum Gasteiger partial charge on any atom is -0.0112 e. The fourth-order valence-electron chi connectivity index (χ4n) is 2.37. The number of benzene rings is 1. The molecule has 0 fully saturated rings. The van der Waals surface area contributed by atoms with Gasteiger partial charge in [-0.1, -0.05) is 44.7 Å². The van der Waals surface area contributed by atoms with Crippen molar-refractivity contribution in [2.45, 2.75) is 20.8 Å². The molecule has 0 spiro atoms. The molecule has 0 saturated carbocycles. The molecule has 0 bridgehead atoms. The van der Waals surface area contributed by atoms with Crippen molar-refractivity contribution in [3.8, 4) is 0 Å². The monoisotopic (exact) mass is 184 g/mol. The van der Waals surface area contributed by atoms with Crippen molar-refractivity contribution >= 4 is 11.1 Å². The predicted molar refractivity (Wildman–Crippen MR) is 62.9 cm³/mol. The van der Waals surface area contributed by atoms with Gasteiger partial charge in [-0.3, -0.25) is 0 Å². The molecule has 2 rings (SSSR count). The summed E-state index contributed by atoms with van der Waals surface area (Å²) in [7, 11) is 0. The van der Waals surface area contributed by atoms with Crippen molar-refractivity contribution in [1.82, 2.24) is 0 Å². The Hall–Kier alpha value is -1.30. The molecule has 1 aromatic rings. The first-order chi connectivity index (χ1) is 6.63. The lowest BCUT2D eigenvalue weighted by atomic mass is 9.95. The summed E-state index contributed by atoms with van der Waals surface area (Å²) < 4.78 is 0. The van der Waals surface area contributed by atoms with Crippen molar-refractivity contribution in [1.29, 1.82) is 0 Å². The predicted octanol–water partition coefficient (Wildman–Crippen LogP) is 4.14. The van der Waals surface area contributed by atoms with Gasteiger partial charge in [-0.05, 0) is 40.7 Å². The van der Waals surface area contributed by atoms with E-state index in [0.717, 1.165) is 0 Å². The molecule has 14 heavy (non-hydrogen) atoms. The summed E-state index contributed by atoms with van der Waals surface area (Å²) in [6.07, 6.45) is 0. The minimum absolute atomic E-state index is 0.565. The molecule has 0 amide bonds. The smallest absolute Gasteiger partial charge is 0.0112 e. The number of hydrogen-bond acceptors (Lipinski definition) is 0. The Balaban J connectivity index is 2.63. The minimum Gasteiger partial charge on any atom is -0.0908 e. The summed E-state index contributed by atoms with van der Waals surface area (Å²) in [5, 5.41) is 0. The molecule has 0 radical (unpaired) electrons. The molecule has 0 heterocycles. The molecular weight excluding hydrogens is 168 g/mol. The first-order valence-corrected chi connectivity index (χ1v) is 5.12. The van der Waals surface area contributed by atoms with Crippen molar-refractivity contribution < 1.29 is 0 Å². The highest BCUT2D eigenvalue weighted by Crippen LogP contribution is 2.42. The average molecular weight is 184 g/mol. The second-order valence-electron chi connectivity index (χ2n) is 4.22. The lowest BCUT2D eigenvalue weighted by molar-refractivity contribution is 0.802. The van der Waals surface area contributed by atoms with E-state index in [1.807, 2.05) is 0 Å². The maximum atomic E-state index is 4.19. The summed E-state index contributed by atoms with van der Waals surface area (Å²) in [5.74, 6) is 0.565. The van der Waals surface area contributed by atoms with Crippen LogP contribution in [-0.4, -0.2) is 0 Å². The highest BCUT2D eigenvalue weighted by molar-refractivity contribution is 5.98. The molecule has 0 aliphatic heterocycles. The van der Waals surface area contributed by atoms with E-state index in [-0.39, 0.29) is 0 Å². The summed E-state index contributed by atoms with van der Waals surface area (Å²) in [6.45, 7) is 10.9. The number of rotatable bonds is 1. The Kier molecular flexibility index (Phi) is 2.07. The van der Waals surface area contributed by atoms with Crippen LogP contribution in [-0.2, 0) is 0 Å². The maximum absolute atomic E-state index is 4.19. The van der Waals surface area contributed by atoms with Gasteiger partial charge in [0.25, 0.3) is 0 Å². The van der Waals surface area contributed by atoms with Crippen molar-refractivity contribution in [2.75, 3.05) is 0 Å². The molecule has 1 aliphatic rings. The second kappa shape index (κ2) is 3.13. The van der Waals surface area contributed by atoms with Crippen molar-refractivity contribution in [2.24, 2.45) is 5.92 Å². The fourth-order valence-corrected chi connectivity index (χ4v) is 2.37. The van der Waals surface area contributed by atoms with Crippen molar-refractivity contribution in [3.63, 3.8) is 0 Å². The largest absolute Gasteiger partial charge is 0.0908 e. The number of hydrogen-bond donors (Lipinski definition) is 0. The molecule has 0 unspecified atom stereocenters. The third kappa shape index (κ3) is 1.14. The van der Waals surface area contributed by atoms with Crippen LogP contribution < -0.4 is 0 Å². The molecule has 0 saturated heterocycles. The SMILES string of the molecule is C=C1C(C(C)C)=C(C)c2ccccc21. The number of allylic oxidation sites excluding steroid dienone is 3. The zero-order valence-electron chi connectivity index (χ0n) is 9.09. The molecule has 0 heteroatoms. The van der Waals surface area contributed by atoms with Gasteiger partial charge in [0.05, 0.1) is 0 Å². The van der Waals surface area contributed by atoms with Gasteiger partial charge in [-0.15, -0.1) is 0 Å². The average Bonchev–Trinajstić information content (AvgIpc) is 2.41. The van der Waals surface area contributed by atoms with E-state index < -0.39 is 0 Å². The van der Waals surface area contributed by atoms with Crippen LogP contribution in [0.1, 0.15) is 31.9 Å².